The van der Waals surface area contributed by atoms with Crippen LogP contribution in [0.4, 0.5) is 0 Å². The monoisotopic (exact) mass is 258 g/mol. The van der Waals surface area contributed by atoms with Gasteiger partial charge in [0.1, 0.15) is 0 Å². The normalized spacial score (nSPS) is 24.1. The molecule has 2 rings (SSSR count). The molecule has 2 N–H and O–H groups in total. The van der Waals surface area contributed by atoms with Crippen LogP contribution in [0.15, 0.2) is 17.3 Å². The van der Waals surface area contributed by atoms with Crippen LogP contribution in [0.25, 0.3) is 0 Å². The van der Waals surface area contributed by atoms with Crippen LogP contribution in [0.1, 0.15) is 13.3 Å². The zero-order valence-corrected chi connectivity index (χ0v) is 10.9. The van der Waals surface area contributed by atoms with Crippen molar-refractivity contribution in [3.63, 3.8) is 0 Å². The van der Waals surface area contributed by atoms with Crippen molar-refractivity contribution in [3.8, 4) is 0 Å². The molecular weight excluding hydrogens is 240 g/mol. The second-order valence-electron chi connectivity index (χ2n) is 4.56. The van der Waals surface area contributed by atoms with Gasteiger partial charge in [-0.15, -0.1) is 0 Å². The zero-order chi connectivity index (χ0) is 12.6. The average molecular weight is 258 g/mol. The van der Waals surface area contributed by atoms with Crippen molar-refractivity contribution in [2.24, 2.45) is 18.7 Å². The highest BCUT2D eigenvalue weighted by Gasteiger charge is 2.35. The summed E-state index contributed by atoms with van der Waals surface area (Å²) in [4.78, 5) is 0. The van der Waals surface area contributed by atoms with Crippen LogP contribution >= 0.6 is 0 Å². The van der Waals surface area contributed by atoms with Crippen LogP contribution < -0.4 is 5.73 Å². The molecule has 1 aliphatic heterocycles. The summed E-state index contributed by atoms with van der Waals surface area (Å²) in [5.74, 6) is 0.248. The number of aryl methyl sites for hydroxylation is 1. The van der Waals surface area contributed by atoms with Crippen molar-refractivity contribution in [2.45, 2.75) is 24.4 Å². The molecule has 0 amide bonds. The molecule has 1 fully saturated rings. The Morgan fingerprint density at radius 2 is 2.29 bits per heavy atom. The SMILES string of the molecule is CC(N)C1CCN(S(=O)(=O)c2ccnn2C)C1. The predicted molar refractivity (Wildman–Crippen MR) is 63.7 cm³/mol. The van der Waals surface area contributed by atoms with Gasteiger partial charge in [0.25, 0.3) is 10.0 Å². The van der Waals surface area contributed by atoms with Gasteiger partial charge in [-0.25, -0.2) is 8.42 Å². The first kappa shape index (κ1) is 12.5. The molecule has 0 spiro atoms. The fourth-order valence-corrected chi connectivity index (χ4v) is 3.76. The second-order valence-corrected chi connectivity index (χ2v) is 6.45. The number of hydrogen-bond acceptors (Lipinski definition) is 4. The first-order valence-electron chi connectivity index (χ1n) is 5.66. The van der Waals surface area contributed by atoms with Gasteiger partial charge >= 0.3 is 0 Å². The Morgan fingerprint density at radius 1 is 1.59 bits per heavy atom. The van der Waals surface area contributed by atoms with Crippen LogP contribution in [0.2, 0.25) is 0 Å². The number of hydrogen-bond donors (Lipinski definition) is 1. The van der Waals surface area contributed by atoms with Gasteiger partial charge < -0.3 is 5.73 Å². The summed E-state index contributed by atoms with van der Waals surface area (Å²) in [5.41, 5.74) is 5.81. The summed E-state index contributed by atoms with van der Waals surface area (Å²) >= 11 is 0. The van der Waals surface area contributed by atoms with E-state index in [9.17, 15) is 8.42 Å². The minimum absolute atomic E-state index is 0.0294. The summed E-state index contributed by atoms with van der Waals surface area (Å²) < 4.78 is 27.5. The number of aromatic nitrogens is 2. The van der Waals surface area contributed by atoms with Crippen LogP contribution in [0, 0.1) is 5.92 Å². The van der Waals surface area contributed by atoms with Crippen LogP contribution in [0.5, 0.6) is 0 Å². The Bertz CT molecular complexity index is 494. The van der Waals surface area contributed by atoms with E-state index in [1.807, 2.05) is 6.92 Å². The molecule has 2 unspecified atom stereocenters. The first-order valence-corrected chi connectivity index (χ1v) is 7.10. The lowest BCUT2D eigenvalue weighted by Crippen LogP contribution is -2.33. The molecule has 0 saturated carbocycles. The first-order chi connectivity index (χ1) is 7.93. The third kappa shape index (κ3) is 2.22. The molecular formula is C10H18N4O2S. The predicted octanol–water partition coefficient (Wildman–Crippen LogP) is -0.222. The van der Waals surface area contributed by atoms with Crippen molar-refractivity contribution >= 4 is 10.0 Å². The van der Waals surface area contributed by atoms with E-state index in [2.05, 4.69) is 5.10 Å². The summed E-state index contributed by atoms with van der Waals surface area (Å²) in [6.07, 6.45) is 2.32. The molecule has 1 saturated heterocycles. The lowest BCUT2D eigenvalue weighted by molar-refractivity contribution is 0.424. The van der Waals surface area contributed by atoms with E-state index in [0.717, 1.165) is 6.42 Å². The summed E-state index contributed by atoms with van der Waals surface area (Å²) in [6, 6.07) is 1.55. The van der Waals surface area contributed by atoms with E-state index >= 15 is 0 Å². The van der Waals surface area contributed by atoms with E-state index in [1.54, 1.807) is 7.05 Å². The maximum atomic E-state index is 12.3. The fourth-order valence-electron chi connectivity index (χ4n) is 2.15. The van der Waals surface area contributed by atoms with Gasteiger partial charge in [-0.3, -0.25) is 4.68 Å². The van der Waals surface area contributed by atoms with Gasteiger partial charge in [0.2, 0.25) is 0 Å². The van der Waals surface area contributed by atoms with Gasteiger partial charge in [0, 0.05) is 26.2 Å². The van der Waals surface area contributed by atoms with Gasteiger partial charge in [-0.1, -0.05) is 0 Å². The topological polar surface area (TPSA) is 81.2 Å². The van der Waals surface area contributed by atoms with Crippen molar-refractivity contribution in [2.75, 3.05) is 13.1 Å². The van der Waals surface area contributed by atoms with Gasteiger partial charge in [0.05, 0.1) is 6.20 Å². The van der Waals surface area contributed by atoms with Gasteiger partial charge in [-0.05, 0) is 25.3 Å². The molecule has 1 aliphatic rings. The van der Waals surface area contributed by atoms with Crippen LogP contribution in [-0.2, 0) is 17.1 Å². The smallest absolute Gasteiger partial charge is 0.260 e. The van der Waals surface area contributed by atoms with Crippen molar-refractivity contribution in [1.82, 2.24) is 14.1 Å². The molecule has 0 radical (unpaired) electrons. The zero-order valence-electron chi connectivity index (χ0n) is 10.1. The Balaban J connectivity index is 2.22. The second kappa shape index (κ2) is 4.40. The van der Waals surface area contributed by atoms with E-state index in [1.165, 1.54) is 21.3 Å². The third-order valence-electron chi connectivity index (χ3n) is 3.31. The van der Waals surface area contributed by atoms with Crippen molar-refractivity contribution in [3.05, 3.63) is 12.3 Å². The summed E-state index contributed by atoms with van der Waals surface area (Å²) in [6.45, 7) is 2.97. The van der Waals surface area contributed by atoms with Crippen molar-refractivity contribution in [1.29, 1.82) is 0 Å². The van der Waals surface area contributed by atoms with Crippen LogP contribution in [-0.4, -0.2) is 41.6 Å². The minimum atomic E-state index is -3.41. The molecule has 0 aromatic carbocycles. The molecule has 6 nitrogen and oxygen atoms in total. The highest BCUT2D eigenvalue weighted by atomic mass is 32.2. The number of nitrogens with two attached hydrogens (primary N) is 1. The molecule has 1 aromatic heterocycles. The highest BCUT2D eigenvalue weighted by molar-refractivity contribution is 7.89. The largest absolute Gasteiger partial charge is 0.328 e. The number of nitrogens with zero attached hydrogens (tertiary/aromatic N) is 3. The molecule has 2 heterocycles. The highest BCUT2D eigenvalue weighted by Crippen LogP contribution is 2.25. The van der Waals surface area contributed by atoms with Gasteiger partial charge in [-0.2, -0.15) is 9.40 Å². The fraction of sp³-hybridized carbons (Fsp3) is 0.700. The molecule has 2 atom stereocenters. The number of sulfonamides is 1. The van der Waals surface area contributed by atoms with E-state index in [0.29, 0.717) is 13.1 Å². The maximum Gasteiger partial charge on any atom is 0.260 e. The lowest BCUT2D eigenvalue weighted by Gasteiger charge is -2.17. The van der Waals surface area contributed by atoms with Crippen LogP contribution in [0.3, 0.4) is 0 Å². The van der Waals surface area contributed by atoms with E-state index in [4.69, 9.17) is 5.73 Å². The minimum Gasteiger partial charge on any atom is -0.328 e. The summed E-state index contributed by atoms with van der Waals surface area (Å²) in [5, 5.41) is 4.13. The molecule has 0 aliphatic carbocycles. The van der Waals surface area contributed by atoms with E-state index < -0.39 is 10.0 Å². The molecule has 1 aromatic rings. The molecule has 0 bridgehead atoms. The van der Waals surface area contributed by atoms with E-state index in [-0.39, 0.29) is 17.0 Å². The molecule has 17 heavy (non-hydrogen) atoms. The molecule has 7 heteroatoms. The Hall–Kier alpha value is -0.920. The van der Waals surface area contributed by atoms with Gasteiger partial charge in [0.15, 0.2) is 5.03 Å². The average Bonchev–Trinajstić information content (AvgIpc) is 2.84. The quantitative estimate of drug-likeness (QED) is 0.812. The standard InChI is InChI=1S/C10H18N4O2S/c1-8(11)9-4-6-14(7-9)17(15,16)10-3-5-12-13(10)2/h3,5,8-9H,4,6-7,11H2,1-2H3. The summed E-state index contributed by atoms with van der Waals surface area (Å²) in [7, 11) is -1.78. The maximum absolute atomic E-state index is 12.3. The Kier molecular flexibility index (Phi) is 3.24. The third-order valence-corrected chi connectivity index (χ3v) is 5.25. The lowest BCUT2D eigenvalue weighted by atomic mass is 10.0. The Morgan fingerprint density at radius 3 is 2.76 bits per heavy atom. The Labute approximate surface area is 101 Å². The molecule has 96 valence electrons. The van der Waals surface area contributed by atoms with Crippen molar-refractivity contribution < 1.29 is 8.42 Å². The number of rotatable bonds is 3.